The lowest BCUT2D eigenvalue weighted by Gasteiger charge is -2.01. The van der Waals surface area contributed by atoms with Crippen LogP contribution in [0, 0.1) is 11.8 Å². The van der Waals surface area contributed by atoms with E-state index in [-0.39, 0.29) is 6.67 Å². The molecule has 1 heteroatoms. The number of halogens is 1. The van der Waals surface area contributed by atoms with Crippen LogP contribution in [0.3, 0.4) is 0 Å². The summed E-state index contributed by atoms with van der Waals surface area (Å²) in [5.41, 5.74) is 0. The Morgan fingerprint density at radius 1 is 1.62 bits per heavy atom. The molecule has 1 aliphatic rings. The minimum atomic E-state index is -0.128. The quantitative estimate of drug-likeness (QED) is 0.531. The minimum Gasteiger partial charge on any atom is -0.251 e. The average molecular weight is 116 g/mol. The number of hydrogen-bond acceptors (Lipinski definition) is 0. The van der Waals surface area contributed by atoms with Gasteiger partial charge in [-0.1, -0.05) is 19.8 Å². The van der Waals surface area contributed by atoms with E-state index in [0.29, 0.717) is 5.92 Å². The molecule has 0 aromatic carbocycles. The number of alkyl halides is 1. The van der Waals surface area contributed by atoms with Gasteiger partial charge >= 0.3 is 0 Å². The molecule has 0 heterocycles. The van der Waals surface area contributed by atoms with E-state index in [4.69, 9.17) is 0 Å². The zero-order valence-electron chi connectivity index (χ0n) is 5.36. The summed E-state index contributed by atoms with van der Waals surface area (Å²) in [6, 6.07) is 0. The summed E-state index contributed by atoms with van der Waals surface area (Å²) in [7, 11) is 0. The molecule has 8 heavy (non-hydrogen) atoms. The van der Waals surface area contributed by atoms with E-state index in [1.165, 1.54) is 12.8 Å². The van der Waals surface area contributed by atoms with Gasteiger partial charge in [-0.25, -0.2) is 0 Å². The molecule has 1 fully saturated rings. The highest BCUT2D eigenvalue weighted by Gasteiger charge is 2.23. The van der Waals surface area contributed by atoms with Crippen LogP contribution in [0.15, 0.2) is 0 Å². The lowest BCUT2D eigenvalue weighted by atomic mass is 10.1. The zero-order chi connectivity index (χ0) is 5.98. The molecule has 0 radical (unpaired) electrons. The molecule has 0 aromatic rings. The van der Waals surface area contributed by atoms with Crippen LogP contribution in [0.25, 0.3) is 0 Å². The number of hydrogen-bond donors (Lipinski definition) is 0. The van der Waals surface area contributed by atoms with Gasteiger partial charge in [0.05, 0.1) is 6.67 Å². The van der Waals surface area contributed by atoms with Crippen molar-refractivity contribution in [1.29, 1.82) is 0 Å². The van der Waals surface area contributed by atoms with Crippen molar-refractivity contribution in [3.05, 3.63) is 0 Å². The second-order valence-electron chi connectivity index (χ2n) is 2.94. The molecule has 0 aromatic heterocycles. The van der Waals surface area contributed by atoms with E-state index in [1.54, 1.807) is 0 Å². The van der Waals surface area contributed by atoms with Crippen LogP contribution in [-0.4, -0.2) is 6.67 Å². The van der Waals surface area contributed by atoms with Gasteiger partial charge in [0.25, 0.3) is 0 Å². The van der Waals surface area contributed by atoms with E-state index >= 15 is 0 Å². The van der Waals surface area contributed by atoms with Crippen LogP contribution >= 0.6 is 0 Å². The van der Waals surface area contributed by atoms with E-state index in [2.05, 4.69) is 0 Å². The number of rotatable bonds is 3. The molecular weight excluding hydrogens is 103 g/mol. The van der Waals surface area contributed by atoms with Gasteiger partial charge in [-0.05, 0) is 18.3 Å². The molecular formula is C7H13F. The van der Waals surface area contributed by atoms with Gasteiger partial charge in [0.15, 0.2) is 0 Å². The van der Waals surface area contributed by atoms with Crippen molar-refractivity contribution < 1.29 is 4.39 Å². The lowest BCUT2D eigenvalue weighted by molar-refractivity contribution is 0.354. The lowest BCUT2D eigenvalue weighted by Crippen LogP contribution is -1.96. The molecule has 0 bridgehead atoms. The molecule has 48 valence electrons. The Morgan fingerprint density at radius 2 is 2.25 bits per heavy atom. The van der Waals surface area contributed by atoms with Gasteiger partial charge in [0, 0.05) is 0 Å². The summed E-state index contributed by atoms with van der Waals surface area (Å²) >= 11 is 0. The van der Waals surface area contributed by atoms with Crippen LogP contribution in [-0.2, 0) is 0 Å². The summed E-state index contributed by atoms with van der Waals surface area (Å²) in [4.78, 5) is 0. The third-order valence-corrected chi connectivity index (χ3v) is 1.70. The summed E-state index contributed by atoms with van der Waals surface area (Å²) in [6.45, 7) is 1.86. The van der Waals surface area contributed by atoms with Crippen LogP contribution in [0.1, 0.15) is 26.2 Å². The highest BCUT2D eigenvalue weighted by molar-refractivity contribution is 4.74. The Balaban J connectivity index is 1.98. The van der Waals surface area contributed by atoms with Crippen molar-refractivity contribution in [2.75, 3.05) is 6.67 Å². The van der Waals surface area contributed by atoms with Gasteiger partial charge in [0.1, 0.15) is 0 Å². The van der Waals surface area contributed by atoms with Crippen LogP contribution in [0.4, 0.5) is 4.39 Å². The maximum Gasteiger partial charge on any atom is 0.0920 e. The van der Waals surface area contributed by atoms with E-state index in [9.17, 15) is 4.39 Å². The average Bonchev–Trinajstić information content (AvgIpc) is 2.50. The van der Waals surface area contributed by atoms with Crippen LogP contribution in [0.5, 0.6) is 0 Å². The zero-order valence-corrected chi connectivity index (χ0v) is 5.36. The Bertz CT molecular complexity index is 66.8. The normalized spacial score (nSPS) is 23.2. The molecule has 0 nitrogen and oxygen atoms in total. The highest BCUT2D eigenvalue weighted by atomic mass is 19.1. The van der Waals surface area contributed by atoms with Crippen molar-refractivity contribution in [1.82, 2.24) is 0 Å². The van der Waals surface area contributed by atoms with Gasteiger partial charge in [0.2, 0.25) is 0 Å². The molecule has 1 unspecified atom stereocenters. The van der Waals surface area contributed by atoms with Crippen molar-refractivity contribution in [2.24, 2.45) is 11.8 Å². The third kappa shape index (κ3) is 1.81. The maximum absolute atomic E-state index is 11.8. The van der Waals surface area contributed by atoms with E-state index < -0.39 is 0 Å². The van der Waals surface area contributed by atoms with E-state index in [0.717, 1.165) is 12.3 Å². The molecule has 1 saturated carbocycles. The molecule has 0 aliphatic heterocycles. The van der Waals surface area contributed by atoms with Crippen LogP contribution < -0.4 is 0 Å². The fourth-order valence-electron chi connectivity index (χ4n) is 0.986. The molecule has 0 N–H and O–H groups in total. The largest absolute Gasteiger partial charge is 0.251 e. The highest BCUT2D eigenvalue weighted by Crippen LogP contribution is 2.35. The van der Waals surface area contributed by atoms with Crippen molar-refractivity contribution >= 4 is 0 Å². The second kappa shape index (κ2) is 2.47. The maximum atomic E-state index is 11.8. The van der Waals surface area contributed by atoms with Crippen molar-refractivity contribution in [3.63, 3.8) is 0 Å². The smallest absolute Gasteiger partial charge is 0.0920 e. The Hall–Kier alpha value is -0.0700. The summed E-state index contributed by atoms with van der Waals surface area (Å²) in [5, 5.41) is 0. The molecule has 1 rings (SSSR count). The molecule has 0 amide bonds. The first-order valence-electron chi connectivity index (χ1n) is 3.39. The predicted molar refractivity (Wildman–Crippen MR) is 32.5 cm³/mol. The van der Waals surface area contributed by atoms with Gasteiger partial charge in [-0.3, -0.25) is 4.39 Å². The standard InChI is InChI=1S/C7H13F/c1-6(5-8)4-7-2-3-7/h6-7H,2-5H2,1H3. The van der Waals surface area contributed by atoms with Gasteiger partial charge in [-0.2, -0.15) is 0 Å². The monoisotopic (exact) mass is 116 g/mol. The van der Waals surface area contributed by atoms with Crippen LogP contribution in [0.2, 0.25) is 0 Å². The van der Waals surface area contributed by atoms with Gasteiger partial charge < -0.3 is 0 Å². The fraction of sp³-hybridized carbons (Fsp3) is 1.00. The Kier molecular flexibility index (Phi) is 1.87. The summed E-state index contributed by atoms with van der Waals surface area (Å²) in [6.07, 6.45) is 3.82. The first-order chi connectivity index (χ1) is 3.83. The Morgan fingerprint density at radius 3 is 2.62 bits per heavy atom. The summed E-state index contributed by atoms with van der Waals surface area (Å²) in [5.74, 6) is 1.21. The molecule has 0 saturated heterocycles. The fourth-order valence-corrected chi connectivity index (χ4v) is 0.986. The van der Waals surface area contributed by atoms with Crippen molar-refractivity contribution in [2.45, 2.75) is 26.2 Å². The van der Waals surface area contributed by atoms with E-state index in [1.807, 2.05) is 6.92 Å². The third-order valence-electron chi connectivity index (χ3n) is 1.70. The predicted octanol–water partition coefficient (Wildman–Crippen LogP) is 2.39. The first kappa shape index (κ1) is 6.06. The molecule has 1 aliphatic carbocycles. The molecule has 1 atom stereocenters. The van der Waals surface area contributed by atoms with Crippen molar-refractivity contribution in [3.8, 4) is 0 Å². The second-order valence-corrected chi connectivity index (χ2v) is 2.94. The van der Waals surface area contributed by atoms with Gasteiger partial charge in [-0.15, -0.1) is 0 Å². The minimum absolute atomic E-state index is 0.128. The SMILES string of the molecule is CC(CF)CC1CC1. The first-order valence-corrected chi connectivity index (χ1v) is 3.39. The molecule has 0 spiro atoms. The Labute approximate surface area is 50.1 Å². The summed E-state index contributed by atoms with van der Waals surface area (Å²) < 4.78 is 11.8. The topological polar surface area (TPSA) is 0 Å².